The number of rotatable bonds is 10. The Morgan fingerprint density at radius 1 is 0.900 bits per heavy atom. The molecule has 0 aromatic carbocycles. The molecule has 0 fully saturated rings. The molecule has 0 aromatic heterocycles. The Labute approximate surface area is 145 Å². The first-order chi connectivity index (χ1) is 8.75. The van der Waals surface area contributed by atoms with Crippen LogP contribution in [0, 0.1) is 10.8 Å². The van der Waals surface area contributed by atoms with Gasteiger partial charge in [0, 0.05) is 0 Å². The summed E-state index contributed by atoms with van der Waals surface area (Å²) in [5.41, 5.74) is -0.783. The maximum atomic E-state index is 11.5. The molecule has 118 valence electrons. The van der Waals surface area contributed by atoms with Gasteiger partial charge in [-0.3, -0.25) is 4.79 Å². The van der Waals surface area contributed by atoms with Gasteiger partial charge < -0.3 is 7.96 Å². The predicted molar refractivity (Wildman–Crippen MR) is 90.4 cm³/mol. The number of hydrogen-bond acceptors (Lipinski definition) is 1. The fraction of sp³-hybridized carbons (Fsp3) is 0.941. The van der Waals surface area contributed by atoms with Crippen molar-refractivity contribution in [3.63, 3.8) is 0 Å². The van der Waals surface area contributed by atoms with E-state index in [4.69, 9.17) is 0 Å². The Hall–Kier alpha value is 0.236. The first-order valence-electron chi connectivity index (χ1n) is 7.99. The van der Waals surface area contributed by atoms with Gasteiger partial charge in [-0.1, -0.05) is 79.1 Å². The van der Waals surface area contributed by atoms with Crippen molar-refractivity contribution in [3.8, 4) is 0 Å². The van der Waals surface area contributed by atoms with Crippen molar-refractivity contribution in [1.82, 2.24) is 0 Å². The molecule has 0 aliphatic carbocycles. The van der Waals surface area contributed by atoms with Gasteiger partial charge in [-0.15, -0.1) is 0 Å². The molecule has 1 N–H and O–H groups in total. The summed E-state index contributed by atoms with van der Waals surface area (Å²) >= 11 is 0. The zero-order chi connectivity index (χ0) is 14.9. The second-order valence-corrected chi connectivity index (χ2v) is 7.11. The minimum atomic E-state index is -0.650. The van der Waals surface area contributed by atoms with Crippen LogP contribution in [0.1, 0.15) is 95.3 Å². The SMILES string of the molecule is CCCCCCCCCCC(C)(C(=O)O)C(C)(C)C.[H-].[H-].[Mg+2]. The van der Waals surface area contributed by atoms with E-state index >= 15 is 0 Å². The summed E-state index contributed by atoms with van der Waals surface area (Å²) in [7, 11) is 0. The van der Waals surface area contributed by atoms with Gasteiger partial charge in [-0.2, -0.15) is 0 Å². The van der Waals surface area contributed by atoms with Gasteiger partial charge in [0.05, 0.1) is 5.41 Å². The quantitative estimate of drug-likeness (QED) is 0.427. The van der Waals surface area contributed by atoms with Crippen LogP contribution in [0.2, 0.25) is 0 Å². The minimum absolute atomic E-state index is 0. The van der Waals surface area contributed by atoms with Crippen LogP contribution in [-0.4, -0.2) is 34.1 Å². The Balaban J connectivity index is -0.000000540. The molecule has 0 bridgehead atoms. The Morgan fingerprint density at radius 3 is 1.65 bits per heavy atom. The van der Waals surface area contributed by atoms with Gasteiger partial charge in [0.15, 0.2) is 0 Å². The zero-order valence-corrected chi connectivity index (χ0v) is 15.8. The van der Waals surface area contributed by atoms with Crippen LogP contribution < -0.4 is 0 Å². The average molecular weight is 297 g/mol. The van der Waals surface area contributed by atoms with E-state index in [2.05, 4.69) is 6.92 Å². The smallest absolute Gasteiger partial charge is 1.00 e. The molecular weight excluding hydrogens is 260 g/mol. The average Bonchev–Trinajstić information content (AvgIpc) is 2.30. The van der Waals surface area contributed by atoms with Gasteiger partial charge in [-0.05, 0) is 18.8 Å². The van der Waals surface area contributed by atoms with Gasteiger partial charge in [0.25, 0.3) is 0 Å². The van der Waals surface area contributed by atoms with Gasteiger partial charge in [0.2, 0.25) is 0 Å². The van der Waals surface area contributed by atoms with Crippen molar-refractivity contribution in [2.75, 3.05) is 0 Å². The summed E-state index contributed by atoms with van der Waals surface area (Å²) in [5.74, 6) is -0.650. The maximum absolute atomic E-state index is 11.5. The molecule has 0 rings (SSSR count). The summed E-state index contributed by atoms with van der Waals surface area (Å²) in [6.45, 7) is 10.2. The van der Waals surface area contributed by atoms with E-state index in [0.717, 1.165) is 12.8 Å². The van der Waals surface area contributed by atoms with E-state index in [-0.39, 0.29) is 31.3 Å². The molecule has 3 heteroatoms. The number of carboxylic acid groups (broad SMARTS) is 1. The summed E-state index contributed by atoms with van der Waals surface area (Å²) in [4.78, 5) is 11.5. The molecule has 0 radical (unpaired) electrons. The third-order valence-electron chi connectivity index (χ3n) is 4.66. The summed E-state index contributed by atoms with van der Waals surface area (Å²) < 4.78 is 0. The fourth-order valence-corrected chi connectivity index (χ4v) is 2.42. The molecule has 2 nitrogen and oxygen atoms in total. The van der Waals surface area contributed by atoms with E-state index in [9.17, 15) is 9.90 Å². The second kappa shape index (κ2) is 10.9. The van der Waals surface area contributed by atoms with Crippen LogP contribution in [0.4, 0.5) is 0 Å². The molecule has 0 aromatic rings. The molecule has 20 heavy (non-hydrogen) atoms. The van der Waals surface area contributed by atoms with Crippen molar-refractivity contribution in [2.24, 2.45) is 10.8 Å². The number of carboxylic acids is 1. The number of hydrogen-bond donors (Lipinski definition) is 1. The Kier molecular flexibility index (Phi) is 12.3. The van der Waals surface area contributed by atoms with Crippen molar-refractivity contribution in [2.45, 2.75) is 92.4 Å². The van der Waals surface area contributed by atoms with Crippen molar-refractivity contribution < 1.29 is 12.8 Å². The first-order valence-corrected chi connectivity index (χ1v) is 7.99. The normalized spacial score (nSPS) is 14.4. The molecule has 0 saturated carbocycles. The van der Waals surface area contributed by atoms with Crippen molar-refractivity contribution in [3.05, 3.63) is 0 Å². The number of aliphatic carboxylic acids is 1. The van der Waals surface area contributed by atoms with E-state index in [0.29, 0.717) is 0 Å². The third-order valence-corrected chi connectivity index (χ3v) is 4.66. The van der Waals surface area contributed by atoms with E-state index in [1.807, 2.05) is 27.7 Å². The molecular formula is C17H36MgO2. The summed E-state index contributed by atoms with van der Waals surface area (Å²) in [6.07, 6.45) is 10.9. The number of unbranched alkanes of at least 4 members (excludes halogenated alkanes) is 7. The van der Waals surface area contributed by atoms with Gasteiger partial charge in [0.1, 0.15) is 0 Å². The molecule has 0 aliphatic rings. The fourth-order valence-electron chi connectivity index (χ4n) is 2.42. The van der Waals surface area contributed by atoms with Crippen LogP contribution in [0.15, 0.2) is 0 Å². The molecule has 1 unspecified atom stereocenters. The Bertz CT molecular complexity index is 268. The third kappa shape index (κ3) is 7.87. The second-order valence-electron chi connectivity index (χ2n) is 7.11. The summed E-state index contributed by atoms with van der Waals surface area (Å²) in [5, 5.41) is 9.47. The first kappa shape index (κ1) is 22.5. The van der Waals surface area contributed by atoms with Crippen LogP contribution in [0.3, 0.4) is 0 Å². The van der Waals surface area contributed by atoms with Crippen LogP contribution in [0.5, 0.6) is 0 Å². The monoisotopic (exact) mass is 296 g/mol. The molecule has 0 aliphatic heterocycles. The van der Waals surface area contributed by atoms with Gasteiger partial charge >= 0.3 is 29.0 Å². The predicted octanol–water partition coefficient (Wildman–Crippen LogP) is 5.50. The van der Waals surface area contributed by atoms with Crippen LogP contribution in [-0.2, 0) is 4.79 Å². The van der Waals surface area contributed by atoms with E-state index < -0.39 is 11.4 Å². The largest absolute Gasteiger partial charge is 2.00 e. The standard InChI is InChI=1S/C17H34O2.Mg.2H/c1-6-7-8-9-10-11-12-13-14-17(5,15(18)19)16(2,3)4;;;/h6-14H2,1-5H3,(H,18,19);;;/q;+2;2*-1. The molecule has 0 amide bonds. The van der Waals surface area contributed by atoms with Crippen LogP contribution >= 0.6 is 0 Å². The summed E-state index contributed by atoms with van der Waals surface area (Å²) in [6, 6.07) is 0. The zero-order valence-electron chi connectivity index (χ0n) is 16.4. The van der Waals surface area contributed by atoms with E-state index in [1.54, 1.807) is 0 Å². The van der Waals surface area contributed by atoms with Gasteiger partial charge in [-0.25, -0.2) is 0 Å². The molecule has 1 atom stereocenters. The Morgan fingerprint density at radius 2 is 1.30 bits per heavy atom. The van der Waals surface area contributed by atoms with E-state index in [1.165, 1.54) is 44.9 Å². The molecule has 0 heterocycles. The molecule has 0 spiro atoms. The minimum Gasteiger partial charge on any atom is -1.00 e. The maximum Gasteiger partial charge on any atom is 2.00 e. The molecule has 0 saturated heterocycles. The van der Waals surface area contributed by atoms with Crippen molar-refractivity contribution in [1.29, 1.82) is 0 Å². The van der Waals surface area contributed by atoms with Crippen LogP contribution in [0.25, 0.3) is 0 Å². The van der Waals surface area contributed by atoms with Crippen molar-refractivity contribution >= 4 is 29.0 Å². The topological polar surface area (TPSA) is 37.3 Å². The number of carbonyl (C=O) groups is 1.